The topological polar surface area (TPSA) is 114 Å². The van der Waals surface area contributed by atoms with E-state index in [4.69, 9.17) is 9.84 Å². The monoisotopic (exact) mass is 429 g/mol. The molecule has 0 bridgehead atoms. The molecule has 1 amide bonds. The predicted molar refractivity (Wildman–Crippen MR) is 119 cm³/mol. The number of aromatic hydroxyl groups is 1. The Balaban J connectivity index is 1.29. The van der Waals surface area contributed by atoms with Gasteiger partial charge in [-0.15, -0.1) is 0 Å². The van der Waals surface area contributed by atoms with E-state index in [2.05, 4.69) is 34.9 Å². The van der Waals surface area contributed by atoms with Gasteiger partial charge in [0.2, 0.25) is 0 Å². The minimum absolute atomic E-state index is 0.180. The summed E-state index contributed by atoms with van der Waals surface area (Å²) in [6, 6.07) is 15.0. The first-order chi connectivity index (χ1) is 15.0. The summed E-state index contributed by atoms with van der Waals surface area (Å²) in [5, 5.41) is 35.0. The van der Waals surface area contributed by atoms with Gasteiger partial charge in [-0.2, -0.15) is 0 Å². The van der Waals surface area contributed by atoms with Crippen molar-refractivity contribution in [2.75, 3.05) is 38.1 Å². The third kappa shape index (κ3) is 7.66. The highest BCUT2D eigenvalue weighted by Gasteiger charge is 2.21. The zero-order valence-electron chi connectivity index (χ0n) is 17.5. The molecule has 8 heteroatoms. The van der Waals surface area contributed by atoms with Crippen LogP contribution in [0, 0.1) is 0 Å². The fourth-order valence-corrected chi connectivity index (χ4v) is 3.51. The Morgan fingerprint density at radius 1 is 1.10 bits per heavy atom. The van der Waals surface area contributed by atoms with Gasteiger partial charge >= 0.3 is 6.09 Å². The number of rotatable bonds is 10. The van der Waals surface area contributed by atoms with E-state index in [9.17, 15) is 15.0 Å². The summed E-state index contributed by atoms with van der Waals surface area (Å²) < 4.78 is 5.49. The van der Waals surface area contributed by atoms with Crippen molar-refractivity contribution >= 4 is 11.8 Å². The van der Waals surface area contributed by atoms with Crippen LogP contribution in [0.2, 0.25) is 0 Å². The SMILES string of the molecule is O=C(O)N1CCC(Nc2ccc(CCNCC(O)COc3ccc(O)cc3)cc2)CC1. The Labute approximate surface area is 182 Å². The van der Waals surface area contributed by atoms with Crippen LogP contribution in [0.15, 0.2) is 48.5 Å². The van der Waals surface area contributed by atoms with E-state index in [0.29, 0.717) is 31.4 Å². The Kier molecular flexibility index (Phi) is 8.37. The van der Waals surface area contributed by atoms with Crippen molar-refractivity contribution in [3.05, 3.63) is 54.1 Å². The molecule has 2 aromatic rings. The molecule has 0 aromatic heterocycles. The average Bonchev–Trinajstić information content (AvgIpc) is 2.78. The lowest BCUT2D eigenvalue weighted by Gasteiger charge is -2.31. The first-order valence-corrected chi connectivity index (χ1v) is 10.6. The molecule has 0 spiro atoms. The molecule has 0 radical (unpaired) electrons. The second-order valence-corrected chi connectivity index (χ2v) is 7.80. The third-order valence-electron chi connectivity index (χ3n) is 5.34. The molecule has 3 rings (SSSR count). The summed E-state index contributed by atoms with van der Waals surface area (Å²) in [6.45, 7) is 2.51. The van der Waals surface area contributed by atoms with E-state index in [1.807, 2.05) is 0 Å². The zero-order valence-corrected chi connectivity index (χ0v) is 17.5. The minimum atomic E-state index is -0.839. The number of piperidine rings is 1. The van der Waals surface area contributed by atoms with Crippen LogP contribution < -0.4 is 15.4 Å². The Morgan fingerprint density at radius 3 is 2.42 bits per heavy atom. The van der Waals surface area contributed by atoms with Crippen molar-refractivity contribution in [3.63, 3.8) is 0 Å². The second-order valence-electron chi connectivity index (χ2n) is 7.80. The molecule has 1 aliphatic rings. The van der Waals surface area contributed by atoms with Crippen LogP contribution in [0.5, 0.6) is 11.5 Å². The van der Waals surface area contributed by atoms with Crippen molar-refractivity contribution < 1.29 is 24.9 Å². The molecular weight excluding hydrogens is 398 g/mol. The van der Waals surface area contributed by atoms with Gasteiger partial charge in [-0.25, -0.2) is 4.79 Å². The average molecular weight is 430 g/mol. The molecule has 168 valence electrons. The number of amides is 1. The third-order valence-corrected chi connectivity index (χ3v) is 5.34. The molecule has 1 fully saturated rings. The van der Waals surface area contributed by atoms with E-state index < -0.39 is 12.2 Å². The smallest absolute Gasteiger partial charge is 0.407 e. The number of nitrogens with zero attached hydrogens (tertiary/aromatic N) is 1. The lowest BCUT2D eigenvalue weighted by Crippen LogP contribution is -2.41. The van der Waals surface area contributed by atoms with Gasteiger partial charge in [-0.05, 0) is 67.8 Å². The maximum Gasteiger partial charge on any atom is 0.407 e. The van der Waals surface area contributed by atoms with Gasteiger partial charge < -0.3 is 35.6 Å². The number of nitrogens with one attached hydrogen (secondary N) is 2. The highest BCUT2D eigenvalue weighted by Crippen LogP contribution is 2.18. The fraction of sp³-hybridized carbons (Fsp3) is 0.435. The molecule has 5 N–H and O–H groups in total. The van der Waals surface area contributed by atoms with Crippen LogP contribution in [0.4, 0.5) is 10.5 Å². The molecule has 0 aliphatic carbocycles. The minimum Gasteiger partial charge on any atom is -0.508 e. The van der Waals surface area contributed by atoms with Crippen molar-refractivity contribution in [3.8, 4) is 11.5 Å². The number of hydrogen-bond donors (Lipinski definition) is 5. The predicted octanol–water partition coefficient (Wildman–Crippen LogP) is 2.52. The van der Waals surface area contributed by atoms with Crippen molar-refractivity contribution in [2.24, 2.45) is 0 Å². The number of benzene rings is 2. The first-order valence-electron chi connectivity index (χ1n) is 10.6. The number of hydrogen-bond acceptors (Lipinski definition) is 6. The van der Waals surface area contributed by atoms with Crippen LogP contribution in [0.25, 0.3) is 0 Å². The largest absolute Gasteiger partial charge is 0.508 e. The van der Waals surface area contributed by atoms with Crippen LogP contribution >= 0.6 is 0 Å². The number of phenols is 1. The van der Waals surface area contributed by atoms with Crippen molar-refractivity contribution in [1.29, 1.82) is 0 Å². The summed E-state index contributed by atoms with van der Waals surface area (Å²) >= 11 is 0. The van der Waals surface area contributed by atoms with Gasteiger partial charge in [-0.1, -0.05) is 12.1 Å². The lowest BCUT2D eigenvalue weighted by molar-refractivity contribution is 0.106. The van der Waals surface area contributed by atoms with Gasteiger partial charge in [0.25, 0.3) is 0 Å². The second kappa shape index (κ2) is 11.4. The number of aliphatic hydroxyl groups excluding tert-OH is 1. The molecule has 1 aliphatic heterocycles. The Hall–Kier alpha value is -2.97. The number of anilines is 1. The van der Waals surface area contributed by atoms with E-state index >= 15 is 0 Å². The number of aliphatic hydroxyl groups is 1. The Bertz CT molecular complexity index is 805. The number of carbonyl (C=O) groups is 1. The molecule has 1 saturated heterocycles. The summed E-state index contributed by atoms with van der Waals surface area (Å²) in [4.78, 5) is 12.4. The van der Waals surface area contributed by atoms with Crippen LogP contribution in [-0.4, -0.2) is 71.2 Å². The van der Waals surface area contributed by atoms with Gasteiger partial charge in [0.05, 0.1) is 0 Å². The molecule has 1 unspecified atom stereocenters. The maximum atomic E-state index is 11.0. The number of ether oxygens (including phenoxy) is 1. The lowest BCUT2D eigenvalue weighted by atomic mass is 10.0. The van der Waals surface area contributed by atoms with Crippen LogP contribution in [0.3, 0.4) is 0 Å². The van der Waals surface area contributed by atoms with E-state index in [-0.39, 0.29) is 12.4 Å². The van der Waals surface area contributed by atoms with E-state index in [1.54, 1.807) is 24.3 Å². The number of likely N-dealkylation sites (tertiary alicyclic amines) is 1. The van der Waals surface area contributed by atoms with Gasteiger partial charge in [0.1, 0.15) is 24.2 Å². The van der Waals surface area contributed by atoms with E-state index in [0.717, 1.165) is 31.5 Å². The van der Waals surface area contributed by atoms with E-state index in [1.165, 1.54) is 10.5 Å². The first kappa shape index (κ1) is 22.7. The van der Waals surface area contributed by atoms with Crippen molar-refractivity contribution in [1.82, 2.24) is 10.2 Å². The molecule has 1 heterocycles. The summed E-state index contributed by atoms with van der Waals surface area (Å²) in [7, 11) is 0. The molecule has 0 saturated carbocycles. The standard InChI is InChI=1S/C23H31N3O5/c27-20-5-7-22(8-6-20)31-16-21(28)15-24-12-9-17-1-3-18(4-2-17)25-19-10-13-26(14-11-19)23(29)30/h1-8,19,21,24-25,27-28H,9-16H2,(H,29,30). The Morgan fingerprint density at radius 2 is 1.77 bits per heavy atom. The highest BCUT2D eigenvalue weighted by atomic mass is 16.5. The molecule has 2 aromatic carbocycles. The molecule has 8 nitrogen and oxygen atoms in total. The number of phenolic OH excluding ortho intramolecular Hbond substituents is 1. The number of carboxylic acid groups (broad SMARTS) is 1. The molecular formula is C23H31N3O5. The normalized spacial score (nSPS) is 15.5. The van der Waals surface area contributed by atoms with Crippen molar-refractivity contribution in [2.45, 2.75) is 31.4 Å². The van der Waals surface area contributed by atoms with Crippen LogP contribution in [0.1, 0.15) is 18.4 Å². The fourth-order valence-electron chi connectivity index (χ4n) is 3.51. The van der Waals surface area contributed by atoms with Crippen LogP contribution in [-0.2, 0) is 6.42 Å². The summed E-state index contributed by atoms with van der Waals surface area (Å²) in [6.07, 6.45) is 1.03. The summed E-state index contributed by atoms with van der Waals surface area (Å²) in [5.74, 6) is 0.789. The van der Waals surface area contributed by atoms with Gasteiger partial charge in [-0.3, -0.25) is 0 Å². The van der Waals surface area contributed by atoms with Gasteiger partial charge in [0, 0.05) is 31.4 Å². The summed E-state index contributed by atoms with van der Waals surface area (Å²) in [5.41, 5.74) is 2.25. The maximum absolute atomic E-state index is 11.0. The molecule has 31 heavy (non-hydrogen) atoms. The van der Waals surface area contributed by atoms with Gasteiger partial charge in [0.15, 0.2) is 0 Å². The quantitative estimate of drug-likeness (QED) is 0.369. The molecule has 1 atom stereocenters. The zero-order chi connectivity index (χ0) is 22.1. The highest BCUT2D eigenvalue weighted by molar-refractivity contribution is 5.65.